The summed E-state index contributed by atoms with van der Waals surface area (Å²) in [5.41, 5.74) is 5.27. The monoisotopic (exact) mass is 294 g/mol. The topological polar surface area (TPSA) is 61.6 Å². The normalized spacial score (nSPS) is 38.3. The van der Waals surface area contributed by atoms with Gasteiger partial charge in [0.25, 0.3) is 0 Å². The van der Waals surface area contributed by atoms with E-state index in [9.17, 15) is 4.79 Å². The number of rotatable bonds is 4. The molecule has 1 amide bonds. The van der Waals surface area contributed by atoms with Gasteiger partial charge in [0.15, 0.2) is 0 Å². The number of likely N-dealkylation sites (N-methyl/N-ethyl adjacent to an activating group) is 1. The molecule has 3 rings (SSSR count). The molecule has 0 aromatic heterocycles. The van der Waals surface area contributed by atoms with Gasteiger partial charge in [0.05, 0.1) is 5.54 Å². The van der Waals surface area contributed by atoms with Crippen LogP contribution in [0.3, 0.4) is 0 Å². The number of amides is 1. The highest BCUT2D eigenvalue weighted by molar-refractivity contribution is 5.84. The third-order valence-electron chi connectivity index (χ3n) is 5.85. The van der Waals surface area contributed by atoms with Crippen LogP contribution in [0.25, 0.3) is 0 Å². The van der Waals surface area contributed by atoms with Crippen LogP contribution in [-0.2, 0) is 4.79 Å². The van der Waals surface area contributed by atoms with E-state index in [1.165, 1.54) is 38.9 Å². The molecule has 2 heterocycles. The molecule has 3 N–H and O–H groups in total. The van der Waals surface area contributed by atoms with Gasteiger partial charge in [-0.2, -0.15) is 0 Å². The van der Waals surface area contributed by atoms with E-state index < -0.39 is 5.54 Å². The summed E-state index contributed by atoms with van der Waals surface area (Å²) >= 11 is 0. The minimum atomic E-state index is -0.468. The van der Waals surface area contributed by atoms with E-state index >= 15 is 0 Å². The maximum absolute atomic E-state index is 12.0. The van der Waals surface area contributed by atoms with Gasteiger partial charge in [-0.1, -0.05) is 6.92 Å². The van der Waals surface area contributed by atoms with Gasteiger partial charge in [0.2, 0.25) is 5.91 Å². The summed E-state index contributed by atoms with van der Waals surface area (Å²) in [4.78, 5) is 17.3. The second kappa shape index (κ2) is 6.23. The highest BCUT2D eigenvalue weighted by Gasteiger charge is 2.43. The van der Waals surface area contributed by atoms with Gasteiger partial charge in [-0.15, -0.1) is 0 Å². The summed E-state index contributed by atoms with van der Waals surface area (Å²) in [7, 11) is 0. The highest BCUT2D eigenvalue weighted by Crippen LogP contribution is 2.33. The Labute approximate surface area is 128 Å². The van der Waals surface area contributed by atoms with Crippen LogP contribution < -0.4 is 11.1 Å². The lowest BCUT2D eigenvalue weighted by molar-refractivity contribution is -0.127. The first-order valence-corrected chi connectivity index (χ1v) is 8.67. The number of carbonyl (C=O) groups is 1. The van der Waals surface area contributed by atoms with Crippen molar-refractivity contribution in [3.63, 3.8) is 0 Å². The van der Waals surface area contributed by atoms with Crippen LogP contribution in [0.5, 0.6) is 0 Å². The van der Waals surface area contributed by atoms with Gasteiger partial charge < -0.3 is 11.1 Å². The molecule has 2 aliphatic heterocycles. The Morgan fingerprint density at radius 2 is 1.95 bits per heavy atom. The van der Waals surface area contributed by atoms with E-state index in [1.807, 2.05) is 0 Å². The molecule has 0 radical (unpaired) electrons. The number of nitrogens with one attached hydrogen (secondary N) is 1. The fraction of sp³-hybridized carbons (Fsp3) is 0.938. The molecule has 1 saturated carbocycles. The lowest BCUT2D eigenvalue weighted by atomic mass is 9.77. The predicted molar refractivity (Wildman–Crippen MR) is 84.0 cm³/mol. The quantitative estimate of drug-likeness (QED) is 0.794. The van der Waals surface area contributed by atoms with E-state index in [1.54, 1.807) is 0 Å². The van der Waals surface area contributed by atoms with E-state index in [0.717, 1.165) is 38.4 Å². The van der Waals surface area contributed by atoms with Crippen molar-refractivity contribution in [3.8, 4) is 0 Å². The molecule has 5 nitrogen and oxygen atoms in total. The van der Waals surface area contributed by atoms with E-state index in [-0.39, 0.29) is 5.91 Å². The third-order valence-corrected chi connectivity index (χ3v) is 5.85. The first kappa shape index (κ1) is 15.3. The molecule has 3 fully saturated rings. The number of hydrogen-bond acceptors (Lipinski definition) is 4. The molecule has 0 aromatic carbocycles. The van der Waals surface area contributed by atoms with Crippen LogP contribution in [-0.4, -0.2) is 66.1 Å². The van der Waals surface area contributed by atoms with Crippen LogP contribution in [0.2, 0.25) is 0 Å². The zero-order valence-electron chi connectivity index (χ0n) is 13.3. The number of hydrogen-bond donors (Lipinski definition) is 2. The molecule has 1 aliphatic carbocycles. The maximum atomic E-state index is 12.0. The van der Waals surface area contributed by atoms with Crippen molar-refractivity contribution < 1.29 is 4.79 Å². The summed E-state index contributed by atoms with van der Waals surface area (Å²) in [5, 5.41) is 3.40. The first-order chi connectivity index (χ1) is 10.1. The number of nitrogens with zero attached hydrogens (tertiary/aromatic N) is 2. The largest absolute Gasteiger partial charge is 0.368 e. The van der Waals surface area contributed by atoms with Crippen LogP contribution in [0.15, 0.2) is 0 Å². The Balaban J connectivity index is 1.66. The molecule has 120 valence electrons. The smallest absolute Gasteiger partial charge is 0.237 e. The van der Waals surface area contributed by atoms with E-state index in [2.05, 4.69) is 22.0 Å². The van der Waals surface area contributed by atoms with Crippen molar-refractivity contribution >= 4 is 5.91 Å². The SMILES string of the molecule is CCNC1(C(N)=O)CCCC(N2CCN3CCCC3C2)C1. The lowest BCUT2D eigenvalue weighted by Gasteiger charge is -2.47. The fourth-order valence-electron chi connectivity index (χ4n) is 4.71. The minimum absolute atomic E-state index is 0.159. The molecular weight excluding hydrogens is 264 g/mol. The van der Waals surface area contributed by atoms with E-state index in [0.29, 0.717) is 6.04 Å². The number of piperazine rings is 1. The zero-order chi connectivity index (χ0) is 14.9. The average molecular weight is 294 g/mol. The third kappa shape index (κ3) is 2.96. The van der Waals surface area contributed by atoms with Crippen LogP contribution in [0.4, 0.5) is 0 Å². The number of nitrogens with two attached hydrogens (primary N) is 1. The average Bonchev–Trinajstić information content (AvgIpc) is 2.95. The van der Waals surface area contributed by atoms with Gasteiger partial charge in [0.1, 0.15) is 0 Å². The second-order valence-corrected chi connectivity index (χ2v) is 7.05. The molecule has 21 heavy (non-hydrogen) atoms. The molecule has 0 bridgehead atoms. The van der Waals surface area contributed by atoms with Crippen molar-refractivity contribution in [2.24, 2.45) is 5.73 Å². The first-order valence-electron chi connectivity index (χ1n) is 8.67. The Morgan fingerprint density at radius 3 is 2.71 bits per heavy atom. The molecule has 2 saturated heterocycles. The number of fused-ring (bicyclic) bond motifs is 1. The van der Waals surface area contributed by atoms with E-state index in [4.69, 9.17) is 5.73 Å². The van der Waals surface area contributed by atoms with Crippen molar-refractivity contribution in [3.05, 3.63) is 0 Å². The number of primary amides is 1. The van der Waals surface area contributed by atoms with Gasteiger partial charge in [0, 0.05) is 31.7 Å². The molecule has 3 aliphatic rings. The Hall–Kier alpha value is -0.650. The Kier molecular flexibility index (Phi) is 4.52. The molecular formula is C16H30N4O. The zero-order valence-corrected chi connectivity index (χ0v) is 13.3. The Bertz CT molecular complexity index is 384. The highest BCUT2D eigenvalue weighted by atomic mass is 16.1. The Morgan fingerprint density at radius 1 is 1.19 bits per heavy atom. The van der Waals surface area contributed by atoms with Gasteiger partial charge >= 0.3 is 0 Å². The van der Waals surface area contributed by atoms with Crippen molar-refractivity contribution in [1.82, 2.24) is 15.1 Å². The summed E-state index contributed by atoms with van der Waals surface area (Å²) in [6.07, 6.45) is 6.81. The van der Waals surface area contributed by atoms with Gasteiger partial charge in [-0.25, -0.2) is 0 Å². The summed E-state index contributed by atoms with van der Waals surface area (Å²) in [5.74, 6) is -0.159. The maximum Gasteiger partial charge on any atom is 0.237 e. The molecule has 3 atom stereocenters. The van der Waals surface area contributed by atoms with Gasteiger partial charge in [-0.3, -0.25) is 14.6 Å². The van der Waals surface area contributed by atoms with Crippen molar-refractivity contribution in [1.29, 1.82) is 0 Å². The van der Waals surface area contributed by atoms with Crippen LogP contribution in [0.1, 0.15) is 45.4 Å². The lowest BCUT2D eigenvalue weighted by Crippen LogP contribution is -2.62. The minimum Gasteiger partial charge on any atom is -0.368 e. The standard InChI is InChI=1S/C16H30N4O/c1-2-18-16(15(17)21)7-3-5-13(11-16)20-10-9-19-8-4-6-14(19)12-20/h13-14,18H,2-12H2,1H3,(H2,17,21). The van der Waals surface area contributed by atoms with Gasteiger partial charge in [-0.05, 0) is 51.6 Å². The predicted octanol–water partition coefficient (Wildman–Crippen LogP) is 0.543. The molecule has 3 unspecified atom stereocenters. The number of carbonyl (C=O) groups excluding carboxylic acids is 1. The van der Waals surface area contributed by atoms with Crippen molar-refractivity contribution in [2.45, 2.75) is 63.1 Å². The summed E-state index contributed by atoms with van der Waals surface area (Å²) < 4.78 is 0. The second-order valence-electron chi connectivity index (χ2n) is 7.05. The molecule has 0 spiro atoms. The van der Waals surface area contributed by atoms with Crippen molar-refractivity contribution in [2.75, 3.05) is 32.7 Å². The van der Waals surface area contributed by atoms with Crippen LogP contribution >= 0.6 is 0 Å². The summed E-state index contributed by atoms with van der Waals surface area (Å²) in [6.45, 7) is 7.70. The molecule has 0 aromatic rings. The van der Waals surface area contributed by atoms with Crippen LogP contribution in [0, 0.1) is 0 Å². The summed E-state index contributed by atoms with van der Waals surface area (Å²) in [6, 6.07) is 1.27. The fourth-order valence-corrected chi connectivity index (χ4v) is 4.71. The molecule has 5 heteroatoms.